The minimum absolute atomic E-state index is 0.871. The maximum absolute atomic E-state index is 5.71. The van der Waals surface area contributed by atoms with Crippen LogP contribution in [0.25, 0.3) is 0 Å². The van der Waals surface area contributed by atoms with Crippen LogP contribution in [0, 0.1) is 0 Å². The summed E-state index contributed by atoms with van der Waals surface area (Å²) in [5.41, 5.74) is 8.01. The van der Waals surface area contributed by atoms with Crippen LogP contribution in [0.1, 0.15) is 109 Å². The van der Waals surface area contributed by atoms with Crippen LogP contribution in [-0.4, -0.2) is 0 Å². The van der Waals surface area contributed by atoms with E-state index in [1.54, 1.807) is 0 Å². The number of hydrogen-bond donors (Lipinski definition) is 1. The van der Waals surface area contributed by atoms with Crippen LogP contribution in [-0.2, 0) is 6.42 Å². The van der Waals surface area contributed by atoms with Gasteiger partial charge in [0.05, 0.1) is 0 Å². The Morgan fingerprint density at radius 3 is 1.33 bits per heavy atom. The Labute approximate surface area is 151 Å². The van der Waals surface area contributed by atoms with E-state index in [0.717, 1.165) is 5.69 Å². The van der Waals surface area contributed by atoms with E-state index in [2.05, 4.69) is 19.1 Å². The van der Waals surface area contributed by atoms with Crippen LogP contribution in [0.5, 0.6) is 0 Å². The van der Waals surface area contributed by atoms with E-state index in [9.17, 15) is 0 Å². The Morgan fingerprint density at radius 2 is 0.917 bits per heavy atom. The summed E-state index contributed by atoms with van der Waals surface area (Å²) in [7, 11) is 0. The molecule has 0 atom stereocenters. The summed E-state index contributed by atoms with van der Waals surface area (Å²) in [5.74, 6) is 0. The van der Waals surface area contributed by atoms with Gasteiger partial charge in [0.15, 0.2) is 0 Å². The SMILES string of the molecule is CCCCCCCCCCCCCCCCCc1ccc(N)cc1. The van der Waals surface area contributed by atoms with Gasteiger partial charge in [0, 0.05) is 5.69 Å². The van der Waals surface area contributed by atoms with E-state index < -0.39 is 0 Å². The first-order valence-corrected chi connectivity index (χ1v) is 10.7. The molecule has 0 fully saturated rings. The molecule has 0 saturated heterocycles. The molecule has 0 amide bonds. The number of hydrogen-bond acceptors (Lipinski definition) is 1. The van der Waals surface area contributed by atoms with Crippen molar-refractivity contribution >= 4 is 5.69 Å². The quantitative estimate of drug-likeness (QED) is 0.244. The number of rotatable bonds is 16. The van der Waals surface area contributed by atoms with Gasteiger partial charge in [0.25, 0.3) is 0 Å². The van der Waals surface area contributed by atoms with Gasteiger partial charge in [-0.1, -0.05) is 109 Å². The van der Waals surface area contributed by atoms with Crippen LogP contribution < -0.4 is 5.73 Å². The molecule has 1 rings (SSSR count). The van der Waals surface area contributed by atoms with Gasteiger partial charge in [-0.3, -0.25) is 0 Å². The lowest BCUT2D eigenvalue weighted by Crippen LogP contribution is -1.88. The van der Waals surface area contributed by atoms with Crippen molar-refractivity contribution in [3.8, 4) is 0 Å². The van der Waals surface area contributed by atoms with Gasteiger partial charge in [-0.2, -0.15) is 0 Å². The van der Waals surface area contributed by atoms with Crippen molar-refractivity contribution in [2.24, 2.45) is 0 Å². The van der Waals surface area contributed by atoms with Crippen LogP contribution >= 0.6 is 0 Å². The molecule has 1 heteroatoms. The Kier molecular flexibility index (Phi) is 13.6. The van der Waals surface area contributed by atoms with Crippen molar-refractivity contribution in [2.75, 3.05) is 5.73 Å². The highest BCUT2D eigenvalue weighted by atomic mass is 14.5. The molecular formula is C23H41N. The second-order valence-electron chi connectivity index (χ2n) is 7.44. The summed E-state index contributed by atoms with van der Waals surface area (Å²) < 4.78 is 0. The van der Waals surface area contributed by atoms with E-state index >= 15 is 0 Å². The fourth-order valence-corrected chi connectivity index (χ4v) is 3.38. The zero-order valence-electron chi connectivity index (χ0n) is 16.2. The highest BCUT2D eigenvalue weighted by molar-refractivity contribution is 5.39. The molecule has 24 heavy (non-hydrogen) atoms. The molecule has 0 heterocycles. The van der Waals surface area contributed by atoms with Gasteiger partial charge in [-0.25, -0.2) is 0 Å². The molecule has 0 saturated carbocycles. The van der Waals surface area contributed by atoms with E-state index in [1.165, 1.54) is 108 Å². The molecule has 0 aromatic heterocycles. The molecule has 1 nitrogen and oxygen atoms in total. The summed E-state index contributed by atoms with van der Waals surface area (Å²) in [6, 6.07) is 8.36. The lowest BCUT2D eigenvalue weighted by molar-refractivity contribution is 0.532. The van der Waals surface area contributed by atoms with E-state index in [4.69, 9.17) is 5.73 Å². The predicted molar refractivity (Wildman–Crippen MR) is 109 cm³/mol. The lowest BCUT2D eigenvalue weighted by atomic mass is 10.0. The monoisotopic (exact) mass is 331 g/mol. The van der Waals surface area contributed by atoms with Crippen LogP contribution in [0.2, 0.25) is 0 Å². The topological polar surface area (TPSA) is 26.0 Å². The second-order valence-corrected chi connectivity index (χ2v) is 7.44. The highest BCUT2D eigenvalue weighted by Gasteiger charge is 1.96. The van der Waals surface area contributed by atoms with Crippen molar-refractivity contribution in [1.29, 1.82) is 0 Å². The molecule has 138 valence electrons. The van der Waals surface area contributed by atoms with Gasteiger partial charge in [-0.15, -0.1) is 0 Å². The Balaban J connectivity index is 1.75. The first kappa shape index (κ1) is 21.1. The number of nitrogens with two attached hydrogens (primary N) is 1. The third-order valence-corrected chi connectivity index (χ3v) is 5.05. The Bertz CT molecular complexity index is 368. The number of unbranched alkanes of at least 4 members (excludes halogenated alkanes) is 14. The Hall–Kier alpha value is -0.980. The van der Waals surface area contributed by atoms with Gasteiger partial charge >= 0.3 is 0 Å². The average molecular weight is 332 g/mol. The first-order chi connectivity index (χ1) is 11.8. The third-order valence-electron chi connectivity index (χ3n) is 5.05. The highest BCUT2D eigenvalue weighted by Crippen LogP contribution is 2.14. The van der Waals surface area contributed by atoms with Crippen molar-refractivity contribution < 1.29 is 0 Å². The van der Waals surface area contributed by atoms with E-state index in [1.807, 2.05) is 12.1 Å². The van der Waals surface area contributed by atoms with Gasteiger partial charge < -0.3 is 5.73 Å². The van der Waals surface area contributed by atoms with Crippen molar-refractivity contribution in [3.63, 3.8) is 0 Å². The number of benzene rings is 1. The van der Waals surface area contributed by atoms with Gasteiger partial charge in [0.2, 0.25) is 0 Å². The minimum Gasteiger partial charge on any atom is -0.399 e. The molecule has 1 aromatic rings. The van der Waals surface area contributed by atoms with Crippen molar-refractivity contribution in [2.45, 2.75) is 110 Å². The smallest absolute Gasteiger partial charge is 0.0314 e. The normalized spacial score (nSPS) is 11.0. The molecule has 0 aliphatic heterocycles. The maximum Gasteiger partial charge on any atom is 0.0314 e. The zero-order chi connectivity index (χ0) is 17.3. The number of anilines is 1. The lowest BCUT2D eigenvalue weighted by Gasteiger charge is -2.04. The summed E-state index contributed by atoms with van der Waals surface area (Å²) in [6.07, 6.45) is 22.7. The summed E-state index contributed by atoms with van der Waals surface area (Å²) >= 11 is 0. The summed E-state index contributed by atoms with van der Waals surface area (Å²) in [6.45, 7) is 2.29. The molecule has 0 aliphatic rings. The third kappa shape index (κ3) is 12.4. The summed E-state index contributed by atoms with van der Waals surface area (Å²) in [5, 5.41) is 0. The fraction of sp³-hybridized carbons (Fsp3) is 0.739. The molecule has 0 spiro atoms. The molecule has 0 unspecified atom stereocenters. The number of nitrogen functional groups attached to an aromatic ring is 1. The fourth-order valence-electron chi connectivity index (χ4n) is 3.38. The molecule has 1 aromatic carbocycles. The Morgan fingerprint density at radius 1 is 0.542 bits per heavy atom. The van der Waals surface area contributed by atoms with Gasteiger partial charge in [0.1, 0.15) is 0 Å². The van der Waals surface area contributed by atoms with E-state index in [-0.39, 0.29) is 0 Å². The van der Waals surface area contributed by atoms with Crippen LogP contribution in [0.4, 0.5) is 5.69 Å². The molecule has 0 radical (unpaired) electrons. The van der Waals surface area contributed by atoms with Crippen molar-refractivity contribution in [1.82, 2.24) is 0 Å². The molecular weight excluding hydrogens is 290 g/mol. The number of aryl methyl sites for hydroxylation is 1. The second kappa shape index (κ2) is 15.5. The summed E-state index contributed by atoms with van der Waals surface area (Å²) in [4.78, 5) is 0. The van der Waals surface area contributed by atoms with Crippen molar-refractivity contribution in [3.05, 3.63) is 29.8 Å². The molecule has 0 aliphatic carbocycles. The minimum atomic E-state index is 0.871. The average Bonchev–Trinajstić information content (AvgIpc) is 2.60. The standard InChI is InChI=1S/C23H41N/c1-2-3-4-5-6-7-8-9-10-11-12-13-14-15-16-17-22-18-20-23(24)21-19-22/h18-21H,2-17,24H2,1H3. The van der Waals surface area contributed by atoms with Crippen LogP contribution in [0.3, 0.4) is 0 Å². The maximum atomic E-state index is 5.71. The predicted octanol–water partition coefficient (Wildman–Crippen LogP) is 7.68. The van der Waals surface area contributed by atoms with Gasteiger partial charge in [-0.05, 0) is 30.5 Å². The first-order valence-electron chi connectivity index (χ1n) is 10.7. The van der Waals surface area contributed by atoms with Crippen LogP contribution in [0.15, 0.2) is 24.3 Å². The molecule has 2 N–H and O–H groups in total. The van der Waals surface area contributed by atoms with E-state index in [0.29, 0.717) is 0 Å². The zero-order valence-corrected chi connectivity index (χ0v) is 16.2. The largest absolute Gasteiger partial charge is 0.399 e. The molecule has 0 bridgehead atoms.